The molecule has 1 atom stereocenters. The van der Waals surface area contributed by atoms with Crippen LogP contribution in [-0.4, -0.2) is 28.6 Å². The van der Waals surface area contributed by atoms with Crippen molar-refractivity contribution in [3.05, 3.63) is 0 Å². The van der Waals surface area contributed by atoms with Crippen LogP contribution in [0.4, 0.5) is 0 Å². The monoisotopic (exact) mass is 276 g/mol. The molecule has 0 unspecified atom stereocenters. The Balaban J connectivity index is 3.69. The van der Waals surface area contributed by atoms with Crippen LogP contribution in [0, 0.1) is 0 Å². The van der Waals surface area contributed by atoms with Crippen LogP contribution in [0.25, 0.3) is 0 Å². The Morgan fingerprint density at radius 3 is 2.60 bits per heavy atom. The molecule has 0 aliphatic heterocycles. The molecule has 2 N–H and O–H groups in total. The molecule has 0 saturated heterocycles. The molecule has 10 heavy (non-hydrogen) atoms. The first kappa shape index (κ1) is 11.0. The van der Waals surface area contributed by atoms with Gasteiger partial charge in [-0.05, 0) is 0 Å². The number of nitrogens with one attached hydrogen (secondary N) is 1. The summed E-state index contributed by atoms with van der Waals surface area (Å²) in [5, 5.41) is 12.0. The molecule has 4 heteroatoms. The summed E-state index contributed by atoms with van der Waals surface area (Å²) in [6, 6.07) is 0. The molecule has 0 aromatic carbocycles. The zero-order valence-corrected chi connectivity index (χ0v) is 9.62. The molecular weight excluding hydrogens is 261 g/mol. The molecular formula is C6H15INOS-. The van der Waals surface area contributed by atoms with Crippen molar-refractivity contribution < 1.29 is 24.9 Å². The van der Waals surface area contributed by atoms with Crippen molar-refractivity contribution >= 4 is 8.93 Å². The van der Waals surface area contributed by atoms with Gasteiger partial charge in [0.05, 0.1) is 0 Å². The average Bonchev–Trinajstić information content (AvgIpc) is 1.89. The van der Waals surface area contributed by atoms with E-state index in [1.54, 1.807) is 0 Å². The SMILES string of the molecule is CN[C@](C)(CCO)[I-]SC. The number of hydrogen-bond acceptors (Lipinski definition) is 3. The third-order valence-corrected chi connectivity index (χ3v) is 7.16. The molecule has 0 bridgehead atoms. The molecule has 0 radical (unpaired) electrons. The fourth-order valence-electron chi connectivity index (χ4n) is 0.582. The Morgan fingerprint density at radius 1 is 1.70 bits per heavy atom. The van der Waals surface area contributed by atoms with Crippen molar-refractivity contribution in [1.82, 2.24) is 5.32 Å². The van der Waals surface area contributed by atoms with E-state index in [-0.39, 0.29) is 30.0 Å². The van der Waals surface area contributed by atoms with Gasteiger partial charge in [-0.25, -0.2) is 0 Å². The van der Waals surface area contributed by atoms with E-state index < -0.39 is 0 Å². The van der Waals surface area contributed by atoms with Crippen molar-refractivity contribution in [3.8, 4) is 0 Å². The summed E-state index contributed by atoms with van der Waals surface area (Å²) in [5.41, 5.74) is 0. The predicted molar refractivity (Wildman–Crippen MR) is 42.7 cm³/mol. The van der Waals surface area contributed by atoms with E-state index in [0.717, 1.165) is 6.42 Å². The zero-order chi connectivity index (χ0) is 8.04. The first-order valence-corrected chi connectivity index (χ1v) is 8.02. The van der Waals surface area contributed by atoms with Gasteiger partial charge in [0.25, 0.3) is 0 Å². The summed E-state index contributed by atoms with van der Waals surface area (Å²) < 4.78 is 0.215. The minimum atomic E-state index is 0.118. The molecule has 0 heterocycles. The standard InChI is InChI=1S/C6H15INOS/c1-6(8-2,4-5-9)7-10-3/h8-9H,4-5H2,1-3H3/q-1/t6-/m1/s1. The van der Waals surface area contributed by atoms with Crippen LogP contribution in [0.3, 0.4) is 0 Å². The van der Waals surface area contributed by atoms with Crippen molar-refractivity contribution in [2.45, 2.75) is 16.9 Å². The topological polar surface area (TPSA) is 32.3 Å². The van der Waals surface area contributed by atoms with Gasteiger partial charge in [0, 0.05) is 0 Å². The number of alkyl halides is 1. The molecule has 0 spiro atoms. The van der Waals surface area contributed by atoms with Crippen molar-refractivity contribution in [3.63, 3.8) is 0 Å². The van der Waals surface area contributed by atoms with E-state index in [1.807, 2.05) is 16.0 Å². The summed E-state index contributed by atoms with van der Waals surface area (Å²) in [6.45, 7) is 2.46. The fourth-order valence-corrected chi connectivity index (χ4v) is 5.56. The molecule has 64 valence electrons. The molecule has 2 nitrogen and oxygen atoms in total. The van der Waals surface area contributed by atoms with Crippen molar-refractivity contribution in [2.75, 3.05) is 19.9 Å². The summed E-state index contributed by atoms with van der Waals surface area (Å²) in [5.74, 6) is 0. The number of aliphatic hydroxyl groups excluding tert-OH is 1. The van der Waals surface area contributed by atoms with Gasteiger partial charge in [-0.15, -0.1) is 0 Å². The molecule has 0 aromatic heterocycles. The van der Waals surface area contributed by atoms with Gasteiger partial charge in [-0.3, -0.25) is 0 Å². The van der Waals surface area contributed by atoms with Gasteiger partial charge in [-0.1, -0.05) is 0 Å². The minimum absolute atomic E-state index is 0.118. The van der Waals surface area contributed by atoms with Crippen LogP contribution in [0.5, 0.6) is 0 Å². The third-order valence-electron chi connectivity index (χ3n) is 1.35. The van der Waals surface area contributed by atoms with Gasteiger partial charge in [-0.2, -0.15) is 0 Å². The zero-order valence-electron chi connectivity index (χ0n) is 6.65. The van der Waals surface area contributed by atoms with Crippen LogP contribution in [-0.2, 0) is 0 Å². The maximum absolute atomic E-state index is 8.73. The van der Waals surface area contributed by atoms with Crippen molar-refractivity contribution in [1.29, 1.82) is 0 Å². The van der Waals surface area contributed by atoms with Gasteiger partial charge in [0.1, 0.15) is 0 Å². The quantitative estimate of drug-likeness (QED) is 0.336. The Bertz CT molecular complexity index is 85.8. The van der Waals surface area contributed by atoms with E-state index in [4.69, 9.17) is 5.11 Å². The second kappa shape index (κ2) is 5.62. The number of halogens is 1. The Hall–Kier alpha value is 1.00. The van der Waals surface area contributed by atoms with E-state index in [9.17, 15) is 0 Å². The predicted octanol–water partition coefficient (Wildman–Crippen LogP) is -2.33. The molecule has 0 aliphatic rings. The van der Waals surface area contributed by atoms with Gasteiger partial charge in [0.2, 0.25) is 0 Å². The normalized spacial score (nSPS) is 17.2. The Morgan fingerprint density at radius 2 is 2.30 bits per heavy atom. The summed E-state index contributed by atoms with van der Waals surface area (Å²) in [6.07, 6.45) is 3.00. The summed E-state index contributed by atoms with van der Waals surface area (Å²) in [4.78, 5) is 0. The second-order valence-corrected chi connectivity index (χ2v) is 8.96. The first-order valence-electron chi connectivity index (χ1n) is 3.17. The van der Waals surface area contributed by atoms with Crippen LogP contribution < -0.4 is 25.1 Å². The van der Waals surface area contributed by atoms with E-state index in [2.05, 4.69) is 18.5 Å². The molecule has 0 fully saturated rings. The number of aliphatic hydroxyl groups is 1. The molecule has 0 aliphatic carbocycles. The van der Waals surface area contributed by atoms with Gasteiger partial charge < -0.3 is 0 Å². The molecule has 0 aromatic rings. The van der Waals surface area contributed by atoms with Gasteiger partial charge >= 0.3 is 76.0 Å². The average molecular weight is 276 g/mol. The number of hydrogen-bond donors (Lipinski definition) is 2. The second-order valence-electron chi connectivity index (χ2n) is 2.15. The summed E-state index contributed by atoms with van der Waals surface area (Å²) in [7, 11) is 3.87. The maximum atomic E-state index is 8.73. The first-order chi connectivity index (χ1) is 4.68. The van der Waals surface area contributed by atoms with Crippen LogP contribution >= 0.6 is 8.93 Å². The Kier molecular flexibility index (Phi) is 6.19. The number of rotatable bonds is 5. The van der Waals surface area contributed by atoms with E-state index in [1.165, 1.54) is 0 Å². The molecule has 0 saturated carbocycles. The van der Waals surface area contributed by atoms with Crippen molar-refractivity contribution in [2.24, 2.45) is 0 Å². The third kappa shape index (κ3) is 4.00. The van der Waals surface area contributed by atoms with Crippen LogP contribution in [0.1, 0.15) is 13.3 Å². The Labute approximate surface area is 75.9 Å². The van der Waals surface area contributed by atoms with E-state index >= 15 is 0 Å². The van der Waals surface area contributed by atoms with E-state index in [0.29, 0.717) is 0 Å². The summed E-state index contributed by atoms with van der Waals surface area (Å²) >= 11 is 0.118. The molecule has 0 rings (SSSR count). The van der Waals surface area contributed by atoms with Crippen LogP contribution in [0.15, 0.2) is 0 Å². The van der Waals surface area contributed by atoms with Gasteiger partial charge in [0.15, 0.2) is 0 Å². The molecule has 0 amide bonds. The van der Waals surface area contributed by atoms with Crippen LogP contribution in [0.2, 0.25) is 0 Å². The fraction of sp³-hybridized carbons (Fsp3) is 1.00.